The molecule has 0 aromatic heterocycles. The predicted octanol–water partition coefficient (Wildman–Crippen LogP) is 5.67. The number of aryl methyl sites for hydroxylation is 1. The molecule has 0 bridgehead atoms. The lowest BCUT2D eigenvalue weighted by Gasteiger charge is -2.24. The van der Waals surface area contributed by atoms with Gasteiger partial charge in [-0.05, 0) is 106 Å². The van der Waals surface area contributed by atoms with Gasteiger partial charge in [-0.2, -0.15) is 0 Å². The monoisotopic (exact) mass is 765 g/mol. The standard InChI is InChI=1S/C31H37Br2N5O3.BrH/c32-24-18-22(19-25(33)29(24)35)20-27(37-28(39)16-9-12-21-10-3-1-4-11-21)31(41)38-26(15-7-8-17-34)30(40)36-23-13-5-2-6-14-23;/h1-6,10-11,13-14,18-19,26-27H,7-9,12,15-17,20,34-35H2,(H,36,40)(H,37,39)(H,38,41);1H/t26-,27+;/m0./s1. The van der Waals surface area contributed by atoms with Crippen LogP contribution in [-0.4, -0.2) is 36.3 Å². The Balaban J connectivity index is 0.00000616. The van der Waals surface area contributed by atoms with Crippen molar-refractivity contribution in [1.82, 2.24) is 10.6 Å². The van der Waals surface area contributed by atoms with Gasteiger partial charge in [0.25, 0.3) is 0 Å². The van der Waals surface area contributed by atoms with E-state index in [4.69, 9.17) is 11.5 Å². The number of carbonyl (C=O) groups excluding carboxylic acids is 3. The Morgan fingerprint density at radius 3 is 2.00 bits per heavy atom. The van der Waals surface area contributed by atoms with E-state index in [9.17, 15) is 14.4 Å². The minimum Gasteiger partial charge on any atom is -0.397 e. The van der Waals surface area contributed by atoms with Gasteiger partial charge in [-0.15, -0.1) is 17.0 Å². The van der Waals surface area contributed by atoms with Crippen molar-refractivity contribution in [2.45, 2.75) is 57.0 Å². The molecule has 3 rings (SSSR count). The first-order chi connectivity index (χ1) is 19.8. The van der Waals surface area contributed by atoms with Gasteiger partial charge in [0.2, 0.25) is 17.7 Å². The molecule has 0 heterocycles. The van der Waals surface area contributed by atoms with Crippen LogP contribution in [0, 0.1) is 0 Å². The van der Waals surface area contributed by atoms with E-state index in [1.807, 2.05) is 60.7 Å². The molecule has 0 radical (unpaired) electrons. The van der Waals surface area contributed by atoms with Crippen molar-refractivity contribution in [1.29, 1.82) is 0 Å². The first kappa shape index (κ1) is 35.5. The highest BCUT2D eigenvalue weighted by Crippen LogP contribution is 2.30. The highest BCUT2D eigenvalue weighted by molar-refractivity contribution is 9.11. The number of benzene rings is 3. The molecule has 0 spiro atoms. The number of nitrogens with two attached hydrogens (primary N) is 2. The van der Waals surface area contributed by atoms with Crippen LogP contribution in [0.1, 0.15) is 43.2 Å². The molecule has 0 fully saturated rings. The summed E-state index contributed by atoms with van der Waals surface area (Å²) in [7, 11) is 0. The Morgan fingerprint density at radius 2 is 1.38 bits per heavy atom. The summed E-state index contributed by atoms with van der Waals surface area (Å²) < 4.78 is 1.36. The number of hydrogen-bond donors (Lipinski definition) is 5. The molecule has 0 aliphatic carbocycles. The number of para-hydroxylation sites is 1. The molecule has 226 valence electrons. The lowest BCUT2D eigenvalue weighted by molar-refractivity contribution is -0.131. The third-order valence-electron chi connectivity index (χ3n) is 6.56. The maximum Gasteiger partial charge on any atom is 0.246 e. The van der Waals surface area contributed by atoms with E-state index in [1.54, 1.807) is 12.1 Å². The Morgan fingerprint density at radius 1 is 0.762 bits per heavy atom. The molecule has 0 aliphatic rings. The zero-order valence-electron chi connectivity index (χ0n) is 23.3. The summed E-state index contributed by atoms with van der Waals surface area (Å²) >= 11 is 6.90. The third-order valence-corrected chi connectivity index (χ3v) is 7.88. The van der Waals surface area contributed by atoms with E-state index in [2.05, 4.69) is 47.8 Å². The summed E-state index contributed by atoms with van der Waals surface area (Å²) in [5.41, 5.74) is 14.8. The molecule has 0 saturated heterocycles. The fourth-order valence-electron chi connectivity index (χ4n) is 4.35. The van der Waals surface area contributed by atoms with Crippen molar-refractivity contribution in [2.75, 3.05) is 17.6 Å². The maximum absolute atomic E-state index is 13.6. The number of rotatable bonds is 15. The average Bonchev–Trinajstić information content (AvgIpc) is 2.96. The van der Waals surface area contributed by atoms with Crippen LogP contribution in [0.15, 0.2) is 81.7 Å². The Hall–Kier alpha value is -2.73. The van der Waals surface area contributed by atoms with Crippen molar-refractivity contribution in [3.05, 3.63) is 92.9 Å². The van der Waals surface area contributed by atoms with E-state index in [-0.39, 0.29) is 41.6 Å². The van der Waals surface area contributed by atoms with Gasteiger partial charge in [0, 0.05) is 27.5 Å². The summed E-state index contributed by atoms with van der Waals surface area (Å²) in [5.74, 6) is -0.998. The smallest absolute Gasteiger partial charge is 0.246 e. The number of nitrogen functional groups attached to an aromatic ring is 1. The minimum atomic E-state index is -0.900. The van der Waals surface area contributed by atoms with Gasteiger partial charge in [-0.1, -0.05) is 48.5 Å². The van der Waals surface area contributed by atoms with E-state index in [0.29, 0.717) is 46.1 Å². The molecule has 3 aromatic rings. The zero-order valence-corrected chi connectivity index (χ0v) is 28.2. The molecule has 3 aromatic carbocycles. The quantitative estimate of drug-likeness (QED) is 0.100. The molecular weight excluding hydrogens is 730 g/mol. The number of hydrogen-bond acceptors (Lipinski definition) is 5. The second-order valence-corrected chi connectivity index (χ2v) is 11.5. The average molecular weight is 768 g/mol. The first-order valence-corrected chi connectivity index (χ1v) is 15.3. The normalized spacial score (nSPS) is 12.0. The van der Waals surface area contributed by atoms with Gasteiger partial charge < -0.3 is 27.4 Å². The number of halogens is 3. The van der Waals surface area contributed by atoms with E-state index < -0.39 is 18.0 Å². The van der Waals surface area contributed by atoms with Crippen LogP contribution in [0.2, 0.25) is 0 Å². The summed E-state index contributed by atoms with van der Waals surface area (Å²) in [6, 6.07) is 21.0. The number of unbranched alkanes of at least 4 members (excludes halogenated alkanes) is 1. The number of carbonyl (C=O) groups is 3. The van der Waals surface area contributed by atoms with Gasteiger partial charge in [0.15, 0.2) is 0 Å². The highest BCUT2D eigenvalue weighted by Gasteiger charge is 2.27. The molecule has 7 N–H and O–H groups in total. The highest BCUT2D eigenvalue weighted by atomic mass is 79.9. The van der Waals surface area contributed by atoms with Crippen LogP contribution in [0.3, 0.4) is 0 Å². The lowest BCUT2D eigenvalue weighted by atomic mass is 10.0. The zero-order chi connectivity index (χ0) is 29.6. The first-order valence-electron chi connectivity index (χ1n) is 13.7. The molecule has 2 atom stereocenters. The number of anilines is 2. The van der Waals surface area contributed by atoms with Gasteiger partial charge in [-0.3, -0.25) is 14.4 Å². The Labute approximate surface area is 274 Å². The summed E-state index contributed by atoms with van der Waals surface area (Å²) in [6.07, 6.45) is 3.68. The largest absolute Gasteiger partial charge is 0.397 e. The van der Waals surface area contributed by atoms with Crippen molar-refractivity contribution in [2.24, 2.45) is 5.73 Å². The number of amides is 3. The summed E-state index contributed by atoms with van der Waals surface area (Å²) in [5, 5.41) is 8.66. The van der Waals surface area contributed by atoms with Crippen molar-refractivity contribution in [3.8, 4) is 0 Å². The van der Waals surface area contributed by atoms with E-state index in [0.717, 1.165) is 24.0 Å². The summed E-state index contributed by atoms with van der Waals surface area (Å²) in [4.78, 5) is 39.8. The van der Waals surface area contributed by atoms with Crippen LogP contribution in [-0.2, 0) is 27.2 Å². The fraction of sp³-hybridized carbons (Fsp3) is 0.323. The molecule has 0 aliphatic heterocycles. The van der Waals surface area contributed by atoms with Gasteiger partial charge >= 0.3 is 0 Å². The van der Waals surface area contributed by atoms with Crippen molar-refractivity contribution in [3.63, 3.8) is 0 Å². The molecule has 3 amide bonds. The Bertz CT molecular complexity index is 1270. The predicted molar refractivity (Wildman–Crippen MR) is 181 cm³/mol. The van der Waals surface area contributed by atoms with Crippen LogP contribution < -0.4 is 27.4 Å². The summed E-state index contributed by atoms with van der Waals surface area (Å²) in [6.45, 7) is 0.490. The molecular formula is C31H38Br3N5O3. The van der Waals surface area contributed by atoms with Gasteiger partial charge in [-0.25, -0.2) is 0 Å². The molecule has 11 heteroatoms. The molecule has 0 unspecified atom stereocenters. The van der Waals surface area contributed by atoms with E-state index >= 15 is 0 Å². The molecule has 42 heavy (non-hydrogen) atoms. The van der Waals surface area contributed by atoms with Crippen LogP contribution in [0.25, 0.3) is 0 Å². The minimum absolute atomic E-state index is 0. The lowest BCUT2D eigenvalue weighted by Crippen LogP contribution is -2.53. The Kier molecular flexibility index (Phi) is 15.8. The number of nitrogens with one attached hydrogen (secondary N) is 3. The van der Waals surface area contributed by atoms with Crippen LogP contribution >= 0.6 is 48.8 Å². The fourth-order valence-corrected chi connectivity index (χ4v) is 5.63. The second kappa shape index (κ2) is 18.7. The van der Waals surface area contributed by atoms with Gasteiger partial charge in [0.05, 0.1) is 5.69 Å². The second-order valence-electron chi connectivity index (χ2n) is 9.84. The molecule has 0 saturated carbocycles. The maximum atomic E-state index is 13.6. The third kappa shape index (κ3) is 11.9. The van der Waals surface area contributed by atoms with Gasteiger partial charge in [0.1, 0.15) is 12.1 Å². The van der Waals surface area contributed by atoms with Crippen LogP contribution in [0.5, 0.6) is 0 Å². The topological polar surface area (TPSA) is 139 Å². The van der Waals surface area contributed by atoms with Crippen LogP contribution in [0.4, 0.5) is 11.4 Å². The molecule has 8 nitrogen and oxygen atoms in total. The van der Waals surface area contributed by atoms with Crippen molar-refractivity contribution < 1.29 is 14.4 Å². The SMILES string of the molecule is Br.NCCCC[C@H](NC(=O)[C@@H](Cc1cc(Br)c(N)c(Br)c1)NC(=O)CCCc1ccccc1)C(=O)Nc1ccccc1. The van der Waals surface area contributed by atoms with Crippen molar-refractivity contribution >= 4 is 77.9 Å². The van der Waals surface area contributed by atoms with E-state index in [1.165, 1.54) is 0 Å².